The number of likely N-dealkylation sites (N-methyl/N-ethyl adjacent to an activating group) is 1. The Morgan fingerprint density at radius 3 is 2.19 bits per heavy atom. The molecule has 7 nitrogen and oxygen atoms in total. The number of piperazine rings is 1. The Bertz CT molecular complexity index is 592. The van der Waals surface area contributed by atoms with Gasteiger partial charge in [-0.1, -0.05) is 13.0 Å². The third kappa shape index (κ3) is 9.92. The minimum Gasteiger partial charge on any atom is -0.492 e. The van der Waals surface area contributed by atoms with E-state index in [2.05, 4.69) is 64.4 Å². The summed E-state index contributed by atoms with van der Waals surface area (Å²) in [6.45, 7) is 12.5. The maximum atomic E-state index is 9.10. The second kappa shape index (κ2) is 12.9. The van der Waals surface area contributed by atoms with Crippen molar-refractivity contribution < 1.29 is 24.5 Å². The number of hydrogen-bond donors (Lipinski definition) is 2. The van der Waals surface area contributed by atoms with Gasteiger partial charge >= 0.3 is 11.9 Å². The van der Waals surface area contributed by atoms with Gasteiger partial charge in [0.15, 0.2) is 0 Å². The highest BCUT2D eigenvalue weighted by molar-refractivity contribution is 14.1. The van der Waals surface area contributed by atoms with Crippen LogP contribution in [0.1, 0.15) is 25.3 Å². The molecule has 1 aromatic rings. The molecule has 1 heterocycles. The van der Waals surface area contributed by atoms with Crippen LogP contribution in [0.3, 0.4) is 0 Å². The number of aryl methyl sites for hydroxylation is 1. The van der Waals surface area contributed by atoms with E-state index in [0.717, 1.165) is 18.8 Å². The fourth-order valence-electron chi connectivity index (χ4n) is 2.67. The molecule has 1 aliphatic heterocycles. The Balaban J connectivity index is 0.000000527. The smallest absolute Gasteiger partial charge is 0.414 e. The molecular formula is C19H29IN2O5. The van der Waals surface area contributed by atoms with Crippen molar-refractivity contribution in [3.8, 4) is 5.75 Å². The number of hydrogen-bond acceptors (Lipinski definition) is 5. The first-order chi connectivity index (χ1) is 12.8. The largest absolute Gasteiger partial charge is 0.492 e. The van der Waals surface area contributed by atoms with Crippen LogP contribution in [0, 0.1) is 10.5 Å². The van der Waals surface area contributed by atoms with E-state index >= 15 is 0 Å². The van der Waals surface area contributed by atoms with Gasteiger partial charge < -0.3 is 24.7 Å². The monoisotopic (exact) mass is 492 g/mol. The maximum absolute atomic E-state index is 9.10. The summed E-state index contributed by atoms with van der Waals surface area (Å²) >= 11 is 2.35. The number of ether oxygens (including phenoxy) is 1. The molecular weight excluding hydrogens is 463 g/mol. The first kappa shape index (κ1) is 23.6. The Kier molecular flexibility index (Phi) is 11.3. The van der Waals surface area contributed by atoms with Crippen molar-refractivity contribution in [3.63, 3.8) is 0 Å². The Hall–Kier alpha value is -1.39. The number of carbonyl (C=O) groups is 2. The summed E-state index contributed by atoms with van der Waals surface area (Å²) in [4.78, 5) is 23.3. The number of carboxylic acids is 2. The zero-order chi connectivity index (χ0) is 20.2. The molecule has 0 bridgehead atoms. The lowest BCUT2D eigenvalue weighted by Crippen LogP contribution is -2.46. The maximum Gasteiger partial charge on any atom is 0.414 e. The van der Waals surface area contributed by atoms with Crippen LogP contribution >= 0.6 is 22.6 Å². The zero-order valence-electron chi connectivity index (χ0n) is 16.0. The van der Waals surface area contributed by atoms with E-state index in [4.69, 9.17) is 24.5 Å². The highest BCUT2D eigenvalue weighted by Crippen LogP contribution is 2.21. The van der Waals surface area contributed by atoms with Crippen LogP contribution in [0.4, 0.5) is 0 Å². The van der Waals surface area contributed by atoms with Crippen LogP contribution in [-0.2, 0) is 9.59 Å². The van der Waals surface area contributed by atoms with Crippen LogP contribution in [0.2, 0.25) is 0 Å². The van der Waals surface area contributed by atoms with E-state index in [-0.39, 0.29) is 0 Å². The quantitative estimate of drug-likeness (QED) is 0.344. The minimum absolute atomic E-state index is 0.827. The van der Waals surface area contributed by atoms with Gasteiger partial charge in [-0.2, -0.15) is 0 Å². The highest BCUT2D eigenvalue weighted by Gasteiger charge is 2.14. The number of benzene rings is 1. The fraction of sp³-hybridized carbons (Fsp3) is 0.579. The molecule has 0 unspecified atom stereocenters. The number of rotatable bonds is 7. The third-order valence-corrected chi connectivity index (χ3v) is 5.15. The molecule has 8 heteroatoms. The highest BCUT2D eigenvalue weighted by atomic mass is 127. The van der Waals surface area contributed by atoms with Crippen LogP contribution in [-0.4, -0.2) is 77.8 Å². The summed E-state index contributed by atoms with van der Waals surface area (Å²) in [6, 6.07) is 6.37. The molecule has 0 saturated carbocycles. The average molecular weight is 492 g/mol. The van der Waals surface area contributed by atoms with Gasteiger partial charge in [0.2, 0.25) is 0 Å². The fourth-order valence-corrected chi connectivity index (χ4v) is 3.50. The van der Waals surface area contributed by atoms with Crippen LogP contribution in [0.15, 0.2) is 18.2 Å². The number of aliphatic carboxylic acids is 2. The van der Waals surface area contributed by atoms with Crippen molar-refractivity contribution in [1.82, 2.24) is 9.80 Å². The van der Waals surface area contributed by atoms with E-state index in [1.165, 1.54) is 54.8 Å². The topological polar surface area (TPSA) is 90.3 Å². The standard InChI is InChI=1S/C17H27IN2O.C2H2O4/c1-3-19-9-11-20(12-10-19)8-4-5-13-21-17-7-6-15(2)14-16(17)18;3-1(4)2(5)6/h6-7,14H,3-5,8-13H2,1-2H3;(H,3,4)(H,5,6). The van der Waals surface area contributed by atoms with Crippen LogP contribution in [0.25, 0.3) is 0 Å². The molecule has 0 spiro atoms. The number of carboxylic acid groups (broad SMARTS) is 2. The van der Waals surface area contributed by atoms with Crippen molar-refractivity contribution in [3.05, 3.63) is 27.3 Å². The third-order valence-electron chi connectivity index (χ3n) is 4.31. The van der Waals surface area contributed by atoms with Gasteiger partial charge in [0.05, 0.1) is 10.2 Å². The van der Waals surface area contributed by atoms with Crippen LogP contribution in [0.5, 0.6) is 5.75 Å². The number of nitrogens with zero attached hydrogens (tertiary/aromatic N) is 2. The van der Waals surface area contributed by atoms with Gasteiger partial charge in [-0.25, -0.2) is 9.59 Å². The zero-order valence-corrected chi connectivity index (χ0v) is 18.1. The molecule has 1 aliphatic rings. The summed E-state index contributed by atoms with van der Waals surface area (Å²) < 4.78 is 7.09. The van der Waals surface area contributed by atoms with Crippen molar-refractivity contribution in [1.29, 1.82) is 0 Å². The van der Waals surface area contributed by atoms with E-state index in [0.29, 0.717) is 0 Å². The molecule has 0 aliphatic carbocycles. The lowest BCUT2D eigenvalue weighted by atomic mass is 10.2. The molecule has 0 atom stereocenters. The summed E-state index contributed by atoms with van der Waals surface area (Å²) in [6.07, 6.45) is 2.37. The lowest BCUT2D eigenvalue weighted by molar-refractivity contribution is -0.159. The Morgan fingerprint density at radius 2 is 1.67 bits per heavy atom. The molecule has 0 amide bonds. The molecule has 0 radical (unpaired) electrons. The molecule has 0 aromatic heterocycles. The van der Waals surface area contributed by atoms with Gasteiger partial charge in [-0.05, 0) is 73.1 Å². The first-order valence-corrected chi connectivity index (χ1v) is 10.2. The average Bonchev–Trinajstić information content (AvgIpc) is 2.64. The van der Waals surface area contributed by atoms with E-state index in [1.807, 2.05) is 0 Å². The second-order valence-electron chi connectivity index (χ2n) is 6.38. The number of unbranched alkanes of at least 4 members (excludes halogenated alkanes) is 1. The molecule has 1 saturated heterocycles. The summed E-state index contributed by atoms with van der Waals surface area (Å²) in [5.74, 6) is -2.62. The first-order valence-electron chi connectivity index (χ1n) is 9.13. The minimum atomic E-state index is -1.82. The second-order valence-corrected chi connectivity index (χ2v) is 7.54. The van der Waals surface area contributed by atoms with Gasteiger partial charge in [0.1, 0.15) is 5.75 Å². The molecule has 2 N–H and O–H groups in total. The summed E-state index contributed by atoms with van der Waals surface area (Å²) in [7, 11) is 0. The molecule has 2 rings (SSSR count). The van der Waals surface area contributed by atoms with Gasteiger partial charge in [-0.3, -0.25) is 0 Å². The van der Waals surface area contributed by atoms with E-state index in [1.54, 1.807) is 0 Å². The van der Waals surface area contributed by atoms with E-state index < -0.39 is 11.9 Å². The van der Waals surface area contributed by atoms with Crippen molar-refractivity contribution >= 4 is 34.5 Å². The van der Waals surface area contributed by atoms with Crippen molar-refractivity contribution in [2.24, 2.45) is 0 Å². The van der Waals surface area contributed by atoms with Gasteiger partial charge in [0.25, 0.3) is 0 Å². The molecule has 1 fully saturated rings. The Labute approximate surface area is 174 Å². The summed E-state index contributed by atoms with van der Waals surface area (Å²) in [5, 5.41) is 14.8. The van der Waals surface area contributed by atoms with Crippen molar-refractivity contribution in [2.45, 2.75) is 26.7 Å². The normalized spacial score (nSPS) is 14.9. The lowest BCUT2D eigenvalue weighted by Gasteiger charge is -2.33. The summed E-state index contributed by atoms with van der Waals surface area (Å²) in [5.41, 5.74) is 1.29. The van der Waals surface area contributed by atoms with Crippen LogP contribution < -0.4 is 4.74 Å². The SMILES string of the molecule is CCN1CCN(CCCCOc2ccc(C)cc2I)CC1.O=C(O)C(=O)O. The van der Waals surface area contributed by atoms with E-state index in [9.17, 15) is 0 Å². The Morgan fingerprint density at radius 1 is 1.07 bits per heavy atom. The number of halogens is 1. The van der Waals surface area contributed by atoms with Crippen molar-refractivity contribution in [2.75, 3.05) is 45.9 Å². The molecule has 152 valence electrons. The molecule has 1 aromatic carbocycles. The molecule has 27 heavy (non-hydrogen) atoms. The predicted molar refractivity (Wildman–Crippen MR) is 112 cm³/mol. The van der Waals surface area contributed by atoms with Gasteiger partial charge in [-0.15, -0.1) is 0 Å². The van der Waals surface area contributed by atoms with Gasteiger partial charge in [0, 0.05) is 26.2 Å². The predicted octanol–water partition coefficient (Wildman–Crippen LogP) is 2.55.